The number of esters is 1. The van der Waals surface area contributed by atoms with E-state index in [4.69, 9.17) is 16.3 Å². The summed E-state index contributed by atoms with van der Waals surface area (Å²) in [5, 5.41) is 0.628. The zero-order valence-electron chi connectivity index (χ0n) is 17.8. The highest BCUT2D eigenvalue weighted by Crippen LogP contribution is 2.22. The number of anilines is 1. The van der Waals surface area contributed by atoms with Crippen LogP contribution < -0.4 is 4.90 Å². The lowest BCUT2D eigenvalue weighted by molar-refractivity contribution is 0.0580. The number of rotatable bonds is 4. The molecule has 0 bridgehead atoms. The van der Waals surface area contributed by atoms with Gasteiger partial charge in [0.2, 0.25) is 5.95 Å². The molecule has 1 aromatic heterocycles. The van der Waals surface area contributed by atoms with Gasteiger partial charge in [0.15, 0.2) is 5.69 Å². The molecule has 9 heteroatoms. The predicted octanol–water partition coefficient (Wildman–Crippen LogP) is 2.26. The fourth-order valence-corrected chi connectivity index (χ4v) is 4.32. The summed E-state index contributed by atoms with van der Waals surface area (Å²) in [6, 6.07) is 9.05. The Kier molecular flexibility index (Phi) is 6.38. The first-order chi connectivity index (χ1) is 14.9. The molecule has 0 radical (unpaired) electrons. The summed E-state index contributed by atoms with van der Waals surface area (Å²) in [5.41, 5.74) is 1.69. The average molecular weight is 444 g/mol. The first kappa shape index (κ1) is 21.5. The molecular formula is C22H26ClN5O3. The normalized spacial score (nSPS) is 19.5. The number of aromatic nitrogens is 2. The highest BCUT2D eigenvalue weighted by Gasteiger charge is 2.32. The van der Waals surface area contributed by atoms with Crippen molar-refractivity contribution in [3.05, 3.63) is 52.3 Å². The van der Waals surface area contributed by atoms with E-state index in [9.17, 15) is 9.59 Å². The average Bonchev–Trinajstić information content (AvgIpc) is 3.29. The van der Waals surface area contributed by atoms with E-state index < -0.39 is 5.97 Å². The summed E-state index contributed by atoms with van der Waals surface area (Å²) in [4.78, 5) is 40.0. The number of ether oxygens (including phenoxy) is 1. The second-order valence-corrected chi connectivity index (χ2v) is 8.35. The third kappa shape index (κ3) is 4.80. The van der Waals surface area contributed by atoms with Crippen LogP contribution in [0.3, 0.4) is 0 Å². The van der Waals surface area contributed by atoms with E-state index in [1.54, 1.807) is 30.3 Å². The first-order valence-corrected chi connectivity index (χ1v) is 10.8. The van der Waals surface area contributed by atoms with Gasteiger partial charge in [0.25, 0.3) is 5.91 Å². The smallest absolute Gasteiger partial charge is 0.356 e. The second-order valence-electron chi connectivity index (χ2n) is 7.91. The van der Waals surface area contributed by atoms with Crippen molar-refractivity contribution in [2.75, 3.05) is 51.3 Å². The summed E-state index contributed by atoms with van der Waals surface area (Å²) >= 11 is 5.92. The van der Waals surface area contributed by atoms with Gasteiger partial charge in [-0.25, -0.2) is 14.8 Å². The van der Waals surface area contributed by atoms with E-state index in [-0.39, 0.29) is 11.6 Å². The molecule has 1 aromatic carbocycles. The molecule has 2 saturated heterocycles. The minimum Gasteiger partial charge on any atom is -0.464 e. The van der Waals surface area contributed by atoms with Gasteiger partial charge in [-0.2, -0.15) is 0 Å². The van der Waals surface area contributed by atoms with Gasteiger partial charge in [0.05, 0.1) is 7.11 Å². The summed E-state index contributed by atoms with van der Waals surface area (Å²) in [6.45, 7) is 6.55. The van der Waals surface area contributed by atoms with Gasteiger partial charge in [0, 0.05) is 61.6 Å². The van der Waals surface area contributed by atoms with Gasteiger partial charge < -0.3 is 14.5 Å². The molecule has 1 amide bonds. The van der Waals surface area contributed by atoms with Gasteiger partial charge in [0.1, 0.15) is 0 Å². The van der Waals surface area contributed by atoms with Crippen molar-refractivity contribution in [3.63, 3.8) is 0 Å². The summed E-state index contributed by atoms with van der Waals surface area (Å²) in [7, 11) is 1.35. The fourth-order valence-electron chi connectivity index (χ4n) is 4.19. The molecule has 0 aliphatic carbocycles. The number of hydrogen-bond acceptors (Lipinski definition) is 7. The number of methoxy groups -OCH3 is 1. The minimum atomic E-state index is -0.455. The fraction of sp³-hybridized carbons (Fsp3) is 0.455. The molecule has 2 aromatic rings. The molecule has 1 atom stereocenters. The van der Waals surface area contributed by atoms with E-state index in [0.29, 0.717) is 35.7 Å². The Morgan fingerprint density at radius 2 is 1.77 bits per heavy atom. The quantitative estimate of drug-likeness (QED) is 0.670. The Balaban J connectivity index is 1.35. The van der Waals surface area contributed by atoms with Crippen LogP contribution in [-0.2, 0) is 4.74 Å². The highest BCUT2D eigenvalue weighted by atomic mass is 35.5. The Bertz CT molecular complexity index is 960. The largest absolute Gasteiger partial charge is 0.464 e. The number of nitrogens with zero attached hydrogens (tertiary/aromatic N) is 5. The van der Waals surface area contributed by atoms with E-state index in [0.717, 1.165) is 38.3 Å². The number of halogens is 1. The topological polar surface area (TPSA) is 78.9 Å². The molecule has 2 aliphatic rings. The van der Waals surface area contributed by atoms with Crippen molar-refractivity contribution in [3.8, 4) is 0 Å². The van der Waals surface area contributed by atoms with Crippen molar-refractivity contribution >= 4 is 29.4 Å². The Hall–Kier alpha value is -2.71. The number of hydrogen-bond donors (Lipinski definition) is 0. The molecule has 3 heterocycles. The van der Waals surface area contributed by atoms with Crippen molar-refractivity contribution in [2.24, 2.45) is 0 Å². The van der Waals surface area contributed by atoms with Crippen molar-refractivity contribution < 1.29 is 14.3 Å². The van der Waals surface area contributed by atoms with Crippen LogP contribution in [0.15, 0.2) is 30.3 Å². The lowest BCUT2D eigenvalue weighted by atomic mass is 10.1. The van der Waals surface area contributed by atoms with Gasteiger partial charge in [-0.3, -0.25) is 9.69 Å². The molecule has 31 heavy (non-hydrogen) atoms. The van der Waals surface area contributed by atoms with Gasteiger partial charge >= 0.3 is 5.97 Å². The number of carbonyl (C=O) groups excluding carboxylic acids is 2. The van der Waals surface area contributed by atoms with Crippen molar-refractivity contribution in [1.82, 2.24) is 19.8 Å². The lowest BCUT2D eigenvalue weighted by Crippen LogP contribution is -2.52. The predicted molar refractivity (Wildman–Crippen MR) is 118 cm³/mol. The number of amides is 1. The first-order valence-electron chi connectivity index (χ1n) is 10.4. The molecule has 2 aliphatic heterocycles. The van der Waals surface area contributed by atoms with Crippen LogP contribution in [0.4, 0.5) is 5.95 Å². The van der Waals surface area contributed by atoms with Crippen LogP contribution in [0, 0.1) is 6.92 Å². The van der Waals surface area contributed by atoms with E-state index >= 15 is 0 Å². The van der Waals surface area contributed by atoms with Crippen LogP contribution >= 0.6 is 11.6 Å². The zero-order chi connectivity index (χ0) is 22.0. The van der Waals surface area contributed by atoms with Crippen LogP contribution in [0.5, 0.6) is 0 Å². The molecule has 4 rings (SSSR count). The third-order valence-corrected chi connectivity index (χ3v) is 6.14. The molecule has 0 unspecified atom stereocenters. The summed E-state index contributed by atoms with van der Waals surface area (Å²) in [6.07, 6.45) is 0.996. The molecular weight excluding hydrogens is 418 g/mol. The van der Waals surface area contributed by atoms with Crippen molar-refractivity contribution in [1.29, 1.82) is 0 Å². The van der Waals surface area contributed by atoms with Crippen molar-refractivity contribution in [2.45, 2.75) is 19.4 Å². The van der Waals surface area contributed by atoms with Crippen LogP contribution in [0.25, 0.3) is 0 Å². The maximum atomic E-state index is 12.7. The molecule has 0 spiro atoms. The van der Waals surface area contributed by atoms with E-state index in [1.807, 2.05) is 11.8 Å². The SMILES string of the molecule is COC(=O)c1cc(C)nc(N2CC[C@H](N3CCN(C(=O)c4ccc(Cl)cc4)CC3)C2)n1. The molecule has 8 nitrogen and oxygen atoms in total. The van der Waals surface area contributed by atoms with E-state index in [1.165, 1.54) is 7.11 Å². The number of benzene rings is 1. The minimum absolute atomic E-state index is 0.0489. The number of carbonyl (C=O) groups is 2. The summed E-state index contributed by atoms with van der Waals surface area (Å²) < 4.78 is 4.80. The molecule has 0 N–H and O–H groups in total. The van der Waals surface area contributed by atoms with Gasteiger partial charge in [-0.15, -0.1) is 0 Å². The Morgan fingerprint density at radius 3 is 2.45 bits per heavy atom. The highest BCUT2D eigenvalue weighted by molar-refractivity contribution is 6.30. The molecule has 2 fully saturated rings. The van der Waals surface area contributed by atoms with Gasteiger partial charge in [-0.1, -0.05) is 11.6 Å². The van der Waals surface area contributed by atoms with Crippen LogP contribution in [0.1, 0.15) is 33.0 Å². The van der Waals surface area contributed by atoms with E-state index in [2.05, 4.69) is 19.8 Å². The molecule has 164 valence electrons. The van der Waals surface area contributed by atoms with Crippen LogP contribution in [-0.4, -0.2) is 84.1 Å². The second kappa shape index (κ2) is 9.20. The summed E-state index contributed by atoms with van der Waals surface area (Å²) in [5.74, 6) is 0.163. The maximum Gasteiger partial charge on any atom is 0.356 e. The number of aryl methyl sites for hydroxylation is 1. The third-order valence-electron chi connectivity index (χ3n) is 5.89. The maximum absolute atomic E-state index is 12.7. The number of piperazine rings is 1. The molecule has 0 saturated carbocycles. The standard InChI is InChI=1S/C22H26ClN5O3/c1-15-13-19(21(30)31-2)25-22(24-15)28-8-7-18(14-28)26-9-11-27(12-10-26)20(29)16-3-5-17(23)6-4-16/h3-6,13,18H,7-12,14H2,1-2H3/t18-/m0/s1. The lowest BCUT2D eigenvalue weighted by Gasteiger charge is -2.38. The Morgan fingerprint density at radius 1 is 1.06 bits per heavy atom. The van der Waals surface area contributed by atoms with Crippen LogP contribution in [0.2, 0.25) is 5.02 Å². The monoisotopic (exact) mass is 443 g/mol. The zero-order valence-corrected chi connectivity index (χ0v) is 18.5. The Labute approximate surface area is 186 Å². The van der Waals surface area contributed by atoms with Gasteiger partial charge in [-0.05, 0) is 43.7 Å².